The van der Waals surface area contributed by atoms with E-state index in [-0.39, 0.29) is 11.8 Å². The highest BCUT2D eigenvalue weighted by Gasteiger charge is 2.25. The van der Waals surface area contributed by atoms with Gasteiger partial charge in [0.05, 0.1) is 31.2 Å². The van der Waals surface area contributed by atoms with Crippen LogP contribution in [0.5, 0.6) is 11.5 Å². The Morgan fingerprint density at radius 1 is 1.08 bits per heavy atom. The van der Waals surface area contributed by atoms with Crippen LogP contribution in [0.2, 0.25) is 0 Å². The van der Waals surface area contributed by atoms with Crippen molar-refractivity contribution in [3.05, 3.63) is 48.0 Å². The van der Waals surface area contributed by atoms with Gasteiger partial charge in [-0.3, -0.25) is 9.59 Å². The molecule has 0 aromatic heterocycles. The third-order valence-electron chi connectivity index (χ3n) is 4.16. The quantitative estimate of drug-likeness (QED) is 0.908. The molecule has 1 N–H and O–H groups in total. The maximum Gasteiger partial charge on any atom is 0.259 e. The van der Waals surface area contributed by atoms with Gasteiger partial charge in [0, 0.05) is 13.0 Å². The highest BCUT2D eigenvalue weighted by atomic mass is 16.5. The molecule has 0 saturated carbocycles. The number of carbonyl (C=O) groups is 2. The van der Waals surface area contributed by atoms with Crippen LogP contribution in [0.3, 0.4) is 0 Å². The predicted molar refractivity (Wildman–Crippen MR) is 95.5 cm³/mol. The van der Waals surface area contributed by atoms with Crippen LogP contribution in [-0.4, -0.2) is 32.6 Å². The Labute approximate surface area is 146 Å². The van der Waals surface area contributed by atoms with E-state index in [0.29, 0.717) is 41.4 Å². The minimum absolute atomic E-state index is 0.0701. The van der Waals surface area contributed by atoms with E-state index in [1.807, 2.05) is 18.2 Å². The number of nitrogens with one attached hydrogen (secondary N) is 1. The number of methoxy groups -OCH3 is 2. The van der Waals surface area contributed by atoms with Gasteiger partial charge in [-0.2, -0.15) is 0 Å². The van der Waals surface area contributed by atoms with Gasteiger partial charge in [0.2, 0.25) is 5.91 Å². The predicted octanol–water partition coefficient (Wildman–Crippen LogP) is 3.08. The maximum absolute atomic E-state index is 12.8. The van der Waals surface area contributed by atoms with Crippen LogP contribution in [-0.2, 0) is 4.79 Å². The van der Waals surface area contributed by atoms with E-state index < -0.39 is 0 Å². The number of nitrogens with zero attached hydrogens (tertiary/aromatic N) is 1. The van der Waals surface area contributed by atoms with Crippen molar-refractivity contribution in [2.24, 2.45) is 0 Å². The van der Waals surface area contributed by atoms with Gasteiger partial charge >= 0.3 is 0 Å². The van der Waals surface area contributed by atoms with E-state index >= 15 is 0 Å². The lowest BCUT2D eigenvalue weighted by molar-refractivity contribution is -0.117. The molecule has 0 atom stereocenters. The summed E-state index contributed by atoms with van der Waals surface area (Å²) in [4.78, 5) is 26.5. The van der Waals surface area contributed by atoms with Crippen molar-refractivity contribution < 1.29 is 19.1 Å². The van der Waals surface area contributed by atoms with Crippen LogP contribution < -0.4 is 19.7 Å². The highest BCUT2D eigenvalue weighted by molar-refractivity contribution is 6.09. The van der Waals surface area contributed by atoms with Gasteiger partial charge in [-0.15, -0.1) is 0 Å². The van der Waals surface area contributed by atoms with E-state index in [1.54, 1.807) is 29.2 Å². The molecule has 2 aromatic rings. The summed E-state index contributed by atoms with van der Waals surface area (Å²) in [6, 6.07) is 12.4. The molecular weight excluding hydrogens is 320 g/mol. The molecule has 6 heteroatoms. The van der Waals surface area contributed by atoms with Crippen LogP contribution in [0.25, 0.3) is 0 Å². The van der Waals surface area contributed by atoms with E-state index in [4.69, 9.17) is 9.47 Å². The molecule has 25 heavy (non-hydrogen) atoms. The number of hydrogen-bond donors (Lipinski definition) is 1. The second-order valence-corrected chi connectivity index (χ2v) is 5.66. The lowest BCUT2D eigenvalue weighted by Gasteiger charge is -2.20. The molecule has 130 valence electrons. The standard InChI is InChI=1S/C19H20N2O4/c1-24-16-10-5-7-13(18(16)25-2)19(23)20-14-8-3-4-9-15(14)21-12-6-11-17(21)22/h3-5,7-10H,6,11-12H2,1-2H3,(H,20,23). The first-order valence-electron chi connectivity index (χ1n) is 8.07. The van der Waals surface area contributed by atoms with Crippen LogP contribution in [0, 0.1) is 0 Å². The Morgan fingerprint density at radius 2 is 1.88 bits per heavy atom. The molecule has 0 spiro atoms. The van der Waals surface area contributed by atoms with E-state index in [1.165, 1.54) is 14.2 Å². The summed E-state index contributed by atoms with van der Waals surface area (Å²) < 4.78 is 10.6. The molecule has 2 aromatic carbocycles. The summed E-state index contributed by atoms with van der Waals surface area (Å²) in [7, 11) is 3.01. The SMILES string of the molecule is COc1cccc(C(=O)Nc2ccccc2N2CCCC2=O)c1OC. The van der Waals surface area contributed by atoms with Gasteiger partial charge in [-0.1, -0.05) is 18.2 Å². The van der Waals surface area contributed by atoms with Gasteiger partial charge in [0.1, 0.15) is 0 Å². The van der Waals surface area contributed by atoms with Gasteiger partial charge < -0.3 is 19.7 Å². The highest BCUT2D eigenvalue weighted by Crippen LogP contribution is 2.33. The summed E-state index contributed by atoms with van der Waals surface area (Å²) in [6.45, 7) is 0.661. The lowest BCUT2D eigenvalue weighted by Crippen LogP contribution is -2.25. The molecule has 0 radical (unpaired) electrons. The minimum Gasteiger partial charge on any atom is -0.493 e. The molecule has 1 fully saturated rings. The zero-order valence-electron chi connectivity index (χ0n) is 14.2. The second-order valence-electron chi connectivity index (χ2n) is 5.66. The van der Waals surface area contributed by atoms with E-state index in [0.717, 1.165) is 6.42 Å². The number of ether oxygens (including phenoxy) is 2. The third kappa shape index (κ3) is 3.28. The average molecular weight is 340 g/mol. The van der Waals surface area contributed by atoms with Crippen LogP contribution in [0.1, 0.15) is 23.2 Å². The molecule has 3 rings (SSSR count). The Balaban J connectivity index is 1.91. The van der Waals surface area contributed by atoms with Crippen molar-refractivity contribution in [3.63, 3.8) is 0 Å². The van der Waals surface area contributed by atoms with Gasteiger partial charge in [0.15, 0.2) is 11.5 Å². The Bertz CT molecular complexity index is 804. The van der Waals surface area contributed by atoms with Crippen molar-refractivity contribution >= 4 is 23.2 Å². The Hall–Kier alpha value is -3.02. The molecule has 1 saturated heterocycles. The first-order chi connectivity index (χ1) is 12.2. The second kappa shape index (κ2) is 7.25. The number of para-hydroxylation sites is 3. The number of hydrogen-bond acceptors (Lipinski definition) is 4. The summed E-state index contributed by atoms with van der Waals surface area (Å²) in [5.74, 6) is 0.603. The molecule has 1 aliphatic heterocycles. The third-order valence-corrected chi connectivity index (χ3v) is 4.16. The largest absolute Gasteiger partial charge is 0.493 e. The van der Waals surface area contributed by atoms with Gasteiger partial charge in [-0.25, -0.2) is 0 Å². The topological polar surface area (TPSA) is 67.9 Å². The molecule has 6 nitrogen and oxygen atoms in total. The van der Waals surface area contributed by atoms with Crippen molar-refractivity contribution in [1.82, 2.24) is 0 Å². The maximum atomic E-state index is 12.8. The number of anilines is 2. The number of amides is 2. The van der Waals surface area contributed by atoms with Crippen molar-refractivity contribution in [2.45, 2.75) is 12.8 Å². The molecule has 1 aliphatic rings. The molecular formula is C19H20N2O4. The normalized spacial score (nSPS) is 13.7. The summed E-state index contributed by atoms with van der Waals surface area (Å²) in [5, 5.41) is 2.88. The van der Waals surface area contributed by atoms with E-state index in [2.05, 4.69) is 5.32 Å². The first-order valence-corrected chi connectivity index (χ1v) is 8.07. The summed E-state index contributed by atoms with van der Waals surface area (Å²) in [6.07, 6.45) is 1.36. The number of carbonyl (C=O) groups excluding carboxylic acids is 2. The molecule has 0 bridgehead atoms. The molecule has 1 heterocycles. The number of benzene rings is 2. The number of rotatable bonds is 5. The fraction of sp³-hybridized carbons (Fsp3) is 0.263. The van der Waals surface area contributed by atoms with Crippen molar-refractivity contribution in [1.29, 1.82) is 0 Å². The minimum atomic E-state index is -0.324. The molecule has 0 unspecified atom stereocenters. The van der Waals surface area contributed by atoms with Crippen molar-refractivity contribution in [3.8, 4) is 11.5 Å². The Kier molecular flexibility index (Phi) is 4.88. The zero-order chi connectivity index (χ0) is 17.8. The summed E-state index contributed by atoms with van der Waals surface area (Å²) in [5.41, 5.74) is 1.66. The fourth-order valence-corrected chi connectivity index (χ4v) is 2.97. The van der Waals surface area contributed by atoms with Gasteiger partial charge in [0.25, 0.3) is 5.91 Å². The molecule has 0 aliphatic carbocycles. The van der Waals surface area contributed by atoms with Crippen molar-refractivity contribution in [2.75, 3.05) is 31.0 Å². The zero-order valence-corrected chi connectivity index (χ0v) is 14.2. The fourth-order valence-electron chi connectivity index (χ4n) is 2.97. The average Bonchev–Trinajstić information content (AvgIpc) is 3.07. The van der Waals surface area contributed by atoms with Crippen LogP contribution >= 0.6 is 0 Å². The monoisotopic (exact) mass is 340 g/mol. The first kappa shape index (κ1) is 16.8. The van der Waals surface area contributed by atoms with E-state index in [9.17, 15) is 9.59 Å². The smallest absolute Gasteiger partial charge is 0.259 e. The summed E-state index contributed by atoms with van der Waals surface area (Å²) >= 11 is 0. The molecule has 2 amide bonds. The van der Waals surface area contributed by atoms with Crippen LogP contribution in [0.15, 0.2) is 42.5 Å². The van der Waals surface area contributed by atoms with Gasteiger partial charge in [-0.05, 0) is 30.7 Å². The Morgan fingerprint density at radius 3 is 2.56 bits per heavy atom. The van der Waals surface area contributed by atoms with Crippen LogP contribution in [0.4, 0.5) is 11.4 Å². The lowest BCUT2D eigenvalue weighted by atomic mass is 10.1.